The van der Waals surface area contributed by atoms with Crippen LogP contribution in [0.2, 0.25) is 0 Å². The fourth-order valence-corrected chi connectivity index (χ4v) is 3.38. The quantitative estimate of drug-likeness (QED) is 0.793. The topological polar surface area (TPSA) is 47.6 Å². The molecule has 1 fully saturated rings. The third kappa shape index (κ3) is 2.75. The Kier molecular flexibility index (Phi) is 3.72. The number of hydrogen-bond donors (Lipinski definition) is 1. The Balaban J connectivity index is 1.52. The van der Waals surface area contributed by atoms with Gasteiger partial charge in [0.05, 0.1) is 4.47 Å². The van der Waals surface area contributed by atoms with Gasteiger partial charge in [-0.05, 0) is 59.1 Å². The third-order valence-electron chi connectivity index (χ3n) is 4.34. The zero-order valence-electron chi connectivity index (χ0n) is 12.8. The molecule has 1 aliphatic heterocycles. The molecule has 0 aromatic heterocycles. The van der Waals surface area contributed by atoms with Crippen molar-refractivity contribution in [2.75, 3.05) is 5.32 Å². The monoisotopic (exact) mass is 391 g/mol. The van der Waals surface area contributed by atoms with Gasteiger partial charge in [0, 0.05) is 30.2 Å². The molecular formula is C18H15BrFNO3. The summed E-state index contributed by atoms with van der Waals surface area (Å²) >= 11 is 3.07. The van der Waals surface area contributed by atoms with Crippen LogP contribution in [0, 0.1) is 5.82 Å². The van der Waals surface area contributed by atoms with Crippen LogP contribution < -0.4 is 14.8 Å². The minimum Gasteiger partial charge on any atom is -0.448 e. The molecule has 1 amide bonds. The smallest absolute Gasteiger partial charge is 0.255 e. The average molecular weight is 392 g/mol. The molecule has 1 spiro atoms. The molecule has 1 aliphatic carbocycles. The maximum absolute atomic E-state index is 13.6. The fourth-order valence-electron chi connectivity index (χ4n) is 3.13. The number of benzene rings is 2. The van der Waals surface area contributed by atoms with Gasteiger partial charge in [-0.25, -0.2) is 4.39 Å². The van der Waals surface area contributed by atoms with Crippen LogP contribution in [-0.4, -0.2) is 11.7 Å². The van der Waals surface area contributed by atoms with Gasteiger partial charge in [0.1, 0.15) is 5.82 Å². The highest BCUT2D eigenvalue weighted by molar-refractivity contribution is 9.10. The summed E-state index contributed by atoms with van der Waals surface area (Å²) in [7, 11) is 0. The van der Waals surface area contributed by atoms with Gasteiger partial charge in [0.2, 0.25) is 0 Å². The number of nitrogens with one attached hydrogen (secondary N) is 1. The van der Waals surface area contributed by atoms with E-state index in [1.807, 2.05) is 0 Å². The van der Waals surface area contributed by atoms with Crippen molar-refractivity contribution in [3.8, 4) is 11.5 Å². The lowest BCUT2D eigenvalue weighted by molar-refractivity contribution is -0.0716. The van der Waals surface area contributed by atoms with Crippen LogP contribution in [0.25, 0.3) is 0 Å². The number of hydrogen-bond acceptors (Lipinski definition) is 3. The SMILES string of the molecule is O=C(Nc1ccc2c(c1)OC1(CCCC1)O2)c1ccc(Br)c(F)c1. The average Bonchev–Trinajstić information content (AvgIpc) is 3.15. The number of anilines is 1. The van der Waals surface area contributed by atoms with E-state index in [4.69, 9.17) is 9.47 Å². The molecule has 0 atom stereocenters. The summed E-state index contributed by atoms with van der Waals surface area (Å²) in [6, 6.07) is 9.55. The number of fused-ring (bicyclic) bond motifs is 1. The third-order valence-corrected chi connectivity index (χ3v) is 4.98. The van der Waals surface area contributed by atoms with Crippen molar-refractivity contribution < 1.29 is 18.7 Å². The lowest BCUT2D eigenvalue weighted by atomic mass is 10.2. The van der Waals surface area contributed by atoms with Gasteiger partial charge in [-0.1, -0.05) is 0 Å². The fraction of sp³-hybridized carbons (Fsp3) is 0.278. The van der Waals surface area contributed by atoms with Gasteiger partial charge >= 0.3 is 0 Å². The van der Waals surface area contributed by atoms with Crippen LogP contribution in [0.3, 0.4) is 0 Å². The highest BCUT2D eigenvalue weighted by Crippen LogP contribution is 2.47. The van der Waals surface area contributed by atoms with Gasteiger partial charge in [0.15, 0.2) is 11.5 Å². The molecule has 6 heteroatoms. The van der Waals surface area contributed by atoms with E-state index >= 15 is 0 Å². The van der Waals surface area contributed by atoms with Crippen LogP contribution in [0.1, 0.15) is 36.0 Å². The Morgan fingerprint density at radius 2 is 1.83 bits per heavy atom. The summed E-state index contributed by atoms with van der Waals surface area (Å²) in [5.74, 6) is -0.0478. The van der Waals surface area contributed by atoms with Gasteiger partial charge in [-0.2, -0.15) is 0 Å². The zero-order valence-corrected chi connectivity index (χ0v) is 14.4. The molecule has 4 nitrogen and oxygen atoms in total. The van der Waals surface area contributed by atoms with Crippen molar-refractivity contribution in [2.45, 2.75) is 31.5 Å². The molecule has 1 heterocycles. The summed E-state index contributed by atoms with van der Waals surface area (Å²) in [5, 5.41) is 2.76. The van der Waals surface area contributed by atoms with Crippen molar-refractivity contribution in [3.63, 3.8) is 0 Å². The summed E-state index contributed by atoms with van der Waals surface area (Å²) in [6.45, 7) is 0. The normalized spacial score (nSPS) is 17.2. The number of carbonyl (C=O) groups is 1. The second kappa shape index (κ2) is 5.77. The lowest BCUT2D eigenvalue weighted by Gasteiger charge is -2.21. The van der Waals surface area contributed by atoms with E-state index in [0.717, 1.165) is 25.7 Å². The maximum atomic E-state index is 13.6. The van der Waals surface area contributed by atoms with Crippen LogP contribution in [-0.2, 0) is 0 Å². The Bertz CT molecular complexity index is 818. The molecule has 1 N–H and O–H groups in total. The number of ether oxygens (including phenoxy) is 2. The van der Waals surface area contributed by atoms with E-state index in [1.165, 1.54) is 12.1 Å². The molecule has 0 radical (unpaired) electrons. The van der Waals surface area contributed by atoms with Crippen LogP contribution in [0.15, 0.2) is 40.9 Å². The van der Waals surface area contributed by atoms with Crippen LogP contribution in [0.5, 0.6) is 11.5 Å². The number of rotatable bonds is 2. The second-order valence-corrected chi connectivity index (χ2v) is 6.92. The molecule has 24 heavy (non-hydrogen) atoms. The highest BCUT2D eigenvalue weighted by atomic mass is 79.9. The Labute approximate surface area is 147 Å². The van der Waals surface area contributed by atoms with E-state index in [9.17, 15) is 9.18 Å². The van der Waals surface area contributed by atoms with Crippen molar-refractivity contribution in [3.05, 3.63) is 52.3 Å². The molecule has 2 aromatic rings. The molecule has 0 unspecified atom stereocenters. The van der Waals surface area contributed by atoms with Crippen molar-refractivity contribution in [2.24, 2.45) is 0 Å². The van der Waals surface area contributed by atoms with E-state index in [0.29, 0.717) is 21.7 Å². The van der Waals surface area contributed by atoms with E-state index < -0.39 is 11.6 Å². The molecule has 2 aliphatic rings. The molecule has 0 bridgehead atoms. The minimum absolute atomic E-state index is 0.251. The molecule has 1 saturated carbocycles. The minimum atomic E-state index is -0.528. The number of amides is 1. The Hall–Kier alpha value is -2.08. The summed E-state index contributed by atoms with van der Waals surface area (Å²) in [6.07, 6.45) is 3.93. The lowest BCUT2D eigenvalue weighted by Crippen LogP contribution is -2.34. The summed E-state index contributed by atoms with van der Waals surface area (Å²) in [5.41, 5.74) is 0.835. The van der Waals surface area contributed by atoms with Gasteiger partial charge in [0.25, 0.3) is 11.7 Å². The maximum Gasteiger partial charge on any atom is 0.255 e. The van der Waals surface area contributed by atoms with Gasteiger partial charge in [-0.15, -0.1) is 0 Å². The first-order valence-electron chi connectivity index (χ1n) is 7.83. The summed E-state index contributed by atoms with van der Waals surface area (Å²) in [4.78, 5) is 12.3. The first-order chi connectivity index (χ1) is 11.5. The van der Waals surface area contributed by atoms with Crippen molar-refractivity contribution >= 4 is 27.5 Å². The van der Waals surface area contributed by atoms with Crippen LogP contribution >= 0.6 is 15.9 Å². The Morgan fingerprint density at radius 3 is 2.58 bits per heavy atom. The molecule has 0 saturated heterocycles. The Morgan fingerprint density at radius 1 is 1.08 bits per heavy atom. The number of halogens is 2. The predicted octanol–water partition coefficient (Wildman–Crippen LogP) is 4.88. The number of carbonyl (C=O) groups excluding carboxylic acids is 1. The van der Waals surface area contributed by atoms with Crippen molar-refractivity contribution in [1.29, 1.82) is 0 Å². The van der Waals surface area contributed by atoms with E-state index in [1.54, 1.807) is 24.3 Å². The van der Waals surface area contributed by atoms with Gasteiger partial charge in [-0.3, -0.25) is 4.79 Å². The first kappa shape index (κ1) is 15.4. The van der Waals surface area contributed by atoms with Gasteiger partial charge < -0.3 is 14.8 Å². The first-order valence-corrected chi connectivity index (χ1v) is 8.62. The zero-order chi connectivity index (χ0) is 16.7. The summed E-state index contributed by atoms with van der Waals surface area (Å²) < 4.78 is 25.8. The van der Waals surface area contributed by atoms with E-state index in [-0.39, 0.29) is 11.5 Å². The standard InChI is InChI=1S/C18H15BrFNO3/c19-13-5-3-11(9-14(13)20)17(22)21-12-4-6-15-16(10-12)24-18(23-15)7-1-2-8-18/h3-6,9-10H,1-2,7-8H2,(H,21,22). The highest BCUT2D eigenvalue weighted by Gasteiger charge is 2.44. The predicted molar refractivity (Wildman–Crippen MR) is 91.0 cm³/mol. The van der Waals surface area contributed by atoms with Crippen molar-refractivity contribution in [1.82, 2.24) is 0 Å². The second-order valence-electron chi connectivity index (χ2n) is 6.07. The largest absolute Gasteiger partial charge is 0.448 e. The molecular weight excluding hydrogens is 377 g/mol. The molecule has 2 aromatic carbocycles. The molecule has 4 rings (SSSR count). The van der Waals surface area contributed by atoms with E-state index in [2.05, 4.69) is 21.2 Å². The molecule has 124 valence electrons. The van der Waals surface area contributed by atoms with Crippen LogP contribution in [0.4, 0.5) is 10.1 Å².